The van der Waals surface area contributed by atoms with E-state index in [1.54, 1.807) is 0 Å². The fourth-order valence-corrected chi connectivity index (χ4v) is 3.59. The monoisotopic (exact) mass is 356 g/mol. The van der Waals surface area contributed by atoms with E-state index in [0.29, 0.717) is 12.8 Å². The predicted molar refractivity (Wildman–Crippen MR) is 94.8 cm³/mol. The second-order valence-electron chi connectivity index (χ2n) is 6.50. The van der Waals surface area contributed by atoms with E-state index in [1.807, 2.05) is 30.3 Å². The molecule has 0 amide bonds. The molecule has 0 aliphatic heterocycles. The zero-order chi connectivity index (χ0) is 18.6. The molecule has 0 bridgehead atoms. The van der Waals surface area contributed by atoms with Gasteiger partial charge in [0.1, 0.15) is 11.6 Å². The first-order chi connectivity index (χ1) is 12.6. The number of ketones is 1. The third-order valence-corrected chi connectivity index (χ3v) is 4.97. The van der Waals surface area contributed by atoms with E-state index in [4.69, 9.17) is 9.47 Å². The Bertz CT molecular complexity index is 795. The van der Waals surface area contributed by atoms with Gasteiger partial charge >= 0.3 is 5.97 Å². The van der Waals surface area contributed by atoms with E-state index >= 15 is 0 Å². The van der Waals surface area contributed by atoms with Crippen molar-refractivity contribution in [2.45, 2.75) is 31.1 Å². The maximum Gasteiger partial charge on any atom is 0.317 e. The Balaban J connectivity index is 1.75. The first kappa shape index (κ1) is 18.1. The highest BCUT2D eigenvalue weighted by molar-refractivity contribution is 6.00. The number of Topliss-reactive ketones (excluding diaryl/α,β-unsaturated/α-hetero) is 1. The Morgan fingerprint density at radius 3 is 2.42 bits per heavy atom. The SMILES string of the molecule is COc1ccc(F)cc1C(=O)COC(=O)C1(c2ccccc2)CCCC1. The van der Waals surface area contributed by atoms with Crippen molar-refractivity contribution in [3.8, 4) is 5.75 Å². The lowest BCUT2D eigenvalue weighted by Crippen LogP contribution is -2.35. The fourth-order valence-electron chi connectivity index (χ4n) is 3.59. The molecule has 1 aliphatic rings. The number of hydrogen-bond acceptors (Lipinski definition) is 4. The number of benzene rings is 2. The summed E-state index contributed by atoms with van der Waals surface area (Å²) in [4.78, 5) is 25.3. The van der Waals surface area contributed by atoms with Crippen molar-refractivity contribution >= 4 is 11.8 Å². The van der Waals surface area contributed by atoms with E-state index in [9.17, 15) is 14.0 Å². The normalized spacial score (nSPS) is 15.5. The topological polar surface area (TPSA) is 52.6 Å². The molecule has 0 radical (unpaired) electrons. The molecule has 2 aromatic rings. The summed E-state index contributed by atoms with van der Waals surface area (Å²) in [5.41, 5.74) is 0.284. The minimum atomic E-state index is -0.701. The summed E-state index contributed by atoms with van der Waals surface area (Å²) in [6, 6.07) is 13.2. The minimum absolute atomic E-state index is 0.0699. The zero-order valence-electron chi connectivity index (χ0n) is 14.7. The maximum atomic E-state index is 13.5. The highest BCUT2D eigenvalue weighted by Crippen LogP contribution is 2.42. The highest BCUT2D eigenvalue weighted by atomic mass is 19.1. The molecule has 1 fully saturated rings. The number of methoxy groups -OCH3 is 1. The quantitative estimate of drug-likeness (QED) is 0.578. The van der Waals surface area contributed by atoms with E-state index in [0.717, 1.165) is 24.5 Å². The van der Waals surface area contributed by atoms with Crippen LogP contribution in [0.15, 0.2) is 48.5 Å². The van der Waals surface area contributed by atoms with Gasteiger partial charge in [-0.1, -0.05) is 43.2 Å². The second kappa shape index (κ2) is 7.68. The second-order valence-corrected chi connectivity index (χ2v) is 6.50. The number of rotatable bonds is 6. The van der Waals surface area contributed by atoms with Gasteiger partial charge in [-0.3, -0.25) is 9.59 Å². The molecule has 1 aliphatic carbocycles. The zero-order valence-corrected chi connectivity index (χ0v) is 14.7. The molecule has 4 nitrogen and oxygen atoms in total. The van der Waals surface area contributed by atoms with Crippen LogP contribution in [0.2, 0.25) is 0 Å². The van der Waals surface area contributed by atoms with Crippen molar-refractivity contribution in [1.82, 2.24) is 0 Å². The van der Waals surface area contributed by atoms with Gasteiger partial charge in [-0.2, -0.15) is 0 Å². The Hall–Kier alpha value is -2.69. The highest BCUT2D eigenvalue weighted by Gasteiger charge is 2.44. The van der Waals surface area contributed by atoms with Crippen LogP contribution in [-0.2, 0) is 14.9 Å². The molecule has 0 aromatic heterocycles. The van der Waals surface area contributed by atoms with E-state index in [-0.39, 0.29) is 11.3 Å². The summed E-state index contributed by atoms with van der Waals surface area (Å²) >= 11 is 0. The molecule has 0 atom stereocenters. The summed E-state index contributed by atoms with van der Waals surface area (Å²) in [5, 5.41) is 0. The van der Waals surface area contributed by atoms with Crippen LogP contribution in [0.3, 0.4) is 0 Å². The molecule has 136 valence electrons. The lowest BCUT2D eigenvalue weighted by atomic mass is 9.79. The van der Waals surface area contributed by atoms with Gasteiger partial charge in [0.15, 0.2) is 6.61 Å². The number of ether oxygens (including phenoxy) is 2. The minimum Gasteiger partial charge on any atom is -0.496 e. The van der Waals surface area contributed by atoms with E-state index in [2.05, 4.69) is 0 Å². The van der Waals surface area contributed by atoms with Crippen LogP contribution in [0.25, 0.3) is 0 Å². The van der Waals surface area contributed by atoms with Gasteiger partial charge in [0.2, 0.25) is 5.78 Å². The largest absolute Gasteiger partial charge is 0.496 e. The first-order valence-electron chi connectivity index (χ1n) is 8.66. The molecular formula is C21H21FO4. The van der Waals surface area contributed by atoms with Crippen LogP contribution < -0.4 is 4.74 Å². The van der Waals surface area contributed by atoms with Crippen LogP contribution >= 0.6 is 0 Å². The first-order valence-corrected chi connectivity index (χ1v) is 8.66. The molecular weight excluding hydrogens is 335 g/mol. The summed E-state index contributed by atoms with van der Waals surface area (Å²) in [6.45, 7) is -0.437. The molecule has 26 heavy (non-hydrogen) atoms. The summed E-state index contributed by atoms with van der Waals surface area (Å²) in [5.74, 6) is -1.18. The maximum absolute atomic E-state index is 13.5. The van der Waals surface area contributed by atoms with Crippen LogP contribution in [0, 0.1) is 5.82 Å². The summed E-state index contributed by atoms with van der Waals surface area (Å²) < 4.78 is 23.9. The molecule has 0 saturated heterocycles. The molecule has 5 heteroatoms. The van der Waals surface area contributed by atoms with E-state index < -0.39 is 29.6 Å². The molecule has 0 spiro atoms. The van der Waals surface area contributed by atoms with Gasteiger partial charge in [0, 0.05) is 0 Å². The molecule has 0 heterocycles. The molecule has 0 unspecified atom stereocenters. The third kappa shape index (κ3) is 3.47. The van der Waals surface area contributed by atoms with Crippen LogP contribution in [0.1, 0.15) is 41.6 Å². The predicted octanol–water partition coefficient (Wildman–Crippen LogP) is 4.07. The van der Waals surface area contributed by atoms with Gasteiger partial charge in [0.25, 0.3) is 0 Å². The number of carbonyl (C=O) groups is 2. The van der Waals surface area contributed by atoms with E-state index in [1.165, 1.54) is 19.2 Å². The Morgan fingerprint density at radius 2 is 1.77 bits per heavy atom. The molecule has 3 rings (SSSR count). The van der Waals surface area contributed by atoms with Gasteiger partial charge in [0.05, 0.1) is 18.1 Å². The number of esters is 1. The van der Waals surface area contributed by atoms with Crippen molar-refractivity contribution in [1.29, 1.82) is 0 Å². The Kier molecular flexibility index (Phi) is 5.35. The average Bonchev–Trinajstić information content (AvgIpc) is 3.17. The number of halogens is 1. The van der Waals surface area contributed by atoms with Crippen molar-refractivity contribution in [3.63, 3.8) is 0 Å². The number of carbonyl (C=O) groups excluding carboxylic acids is 2. The smallest absolute Gasteiger partial charge is 0.317 e. The Labute approximate surface area is 151 Å². The van der Waals surface area contributed by atoms with Crippen LogP contribution in [0.4, 0.5) is 4.39 Å². The summed E-state index contributed by atoms with van der Waals surface area (Å²) in [6.07, 6.45) is 3.28. The summed E-state index contributed by atoms with van der Waals surface area (Å²) in [7, 11) is 1.40. The van der Waals surface area contributed by atoms with Gasteiger partial charge < -0.3 is 9.47 Å². The fraction of sp³-hybridized carbons (Fsp3) is 0.333. The van der Waals surface area contributed by atoms with Gasteiger partial charge in [-0.15, -0.1) is 0 Å². The van der Waals surface area contributed by atoms with Crippen molar-refractivity contribution < 1.29 is 23.5 Å². The van der Waals surface area contributed by atoms with Crippen molar-refractivity contribution in [3.05, 3.63) is 65.5 Å². The average molecular weight is 356 g/mol. The standard InChI is InChI=1S/C21H21FO4/c1-25-19-10-9-16(22)13-17(19)18(23)14-26-20(24)21(11-5-6-12-21)15-7-3-2-4-8-15/h2-4,7-10,13H,5-6,11-12,14H2,1H3. The lowest BCUT2D eigenvalue weighted by Gasteiger charge is -2.27. The number of hydrogen-bond donors (Lipinski definition) is 0. The van der Waals surface area contributed by atoms with Gasteiger partial charge in [-0.05, 0) is 36.6 Å². The molecule has 2 aromatic carbocycles. The molecule has 1 saturated carbocycles. The van der Waals surface area contributed by atoms with Crippen molar-refractivity contribution in [2.24, 2.45) is 0 Å². The van der Waals surface area contributed by atoms with Crippen LogP contribution in [-0.4, -0.2) is 25.5 Å². The third-order valence-electron chi connectivity index (χ3n) is 4.97. The van der Waals surface area contributed by atoms with Crippen LogP contribution in [0.5, 0.6) is 5.75 Å². The Morgan fingerprint density at radius 1 is 1.08 bits per heavy atom. The molecule has 0 N–H and O–H groups in total. The van der Waals surface area contributed by atoms with Crippen molar-refractivity contribution in [2.75, 3.05) is 13.7 Å². The van der Waals surface area contributed by atoms with Gasteiger partial charge in [-0.25, -0.2) is 4.39 Å². The lowest BCUT2D eigenvalue weighted by molar-refractivity contribution is -0.149.